The van der Waals surface area contributed by atoms with E-state index in [0.717, 1.165) is 6.42 Å². The molecule has 0 saturated heterocycles. The molecule has 0 saturated carbocycles. The Morgan fingerprint density at radius 2 is 2.00 bits per heavy atom. The fourth-order valence-electron chi connectivity index (χ4n) is 1.16. The molecule has 11 heavy (non-hydrogen) atoms. The van der Waals surface area contributed by atoms with E-state index in [1.54, 1.807) is 0 Å². The van der Waals surface area contributed by atoms with Crippen LogP contribution in [0.1, 0.15) is 29.3 Å². The van der Waals surface area contributed by atoms with Crippen LogP contribution in [0.15, 0.2) is 24.3 Å². The van der Waals surface area contributed by atoms with Crippen molar-refractivity contribution in [1.82, 2.24) is 0 Å². The average Bonchev–Trinajstić information content (AvgIpc) is 2.04. The minimum absolute atomic E-state index is 0.517. The Bertz CT molecular complexity index is 230. The van der Waals surface area contributed by atoms with Crippen LogP contribution in [0.5, 0.6) is 0 Å². The van der Waals surface area contributed by atoms with Gasteiger partial charge in [0.25, 0.3) is 0 Å². The summed E-state index contributed by atoms with van der Waals surface area (Å²) in [4.78, 5) is 0.517. The SMILES string of the molecule is CCC(Br)c1ccccc1C. The first kappa shape index (κ1) is 8.79. The van der Waals surface area contributed by atoms with Crippen molar-refractivity contribution in [3.05, 3.63) is 35.4 Å². The van der Waals surface area contributed by atoms with Crippen LogP contribution in [0.3, 0.4) is 0 Å². The van der Waals surface area contributed by atoms with Gasteiger partial charge in [-0.05, 0) is 24.5 Å². The average molecular weight is 213 g/mol. The maximum absolute atomic E-state index is 3.64. The van der Waals surface area contributed by atoms with E-state index in [9.17, 15) is 0 Å². The quantitative estimate of drug-likeness (QED) is 0.654. The Balaban J connectivity index is 2.93. The Hall–Kier alpha value is -0.300. The third kappa shape index (κ3) is 2.06. The highest BCUT2D eigenvalue weighted by Gasteiger charge is 2.05. The highest BCUT2D eigenvalue weighted by Crippen LogP contribution is 2.27. The molecule has 0 N–H and O–H groups in total. The lowest BCUT2D eigenvalue weighted by Gasteiger charge is -2.09. The molecule has 1 heteroatoms. The van der Waals surface area contributed by atoms with Gasteiger partial charge in [0.15, 0.2) is 0 Å². The van der Waals surface area contributed by atoms with Gasteiger partial charge in [-0.2, -0.15) is 0 Å². The van der Waals surface area contributed by atoms with Gasteiger partial charge >= 0.3 is 0 Å². The molecule has 1 unspecified atom stereocenters. The second kappa shape index (κ2) is 3.91. The predicted octanol–water partition coefficient (Wildman–Crippen LogP) is 3.84. The van der Waals surface area contributed by atoms with Crippen molar-refractivity contribution >= 4 is 15.9 Å². The molecule has 0 aliphatic rings. The van der Waals surface area contributed by atoms with E-state index < -0.39 is 0 Å². The Kier molecular flexibility index (Phi) is 3.13. The van der Waals surface area contributed by atoms with Crippen molar-refractivity contribution < 1.29 is 0 Å². The molecule has 0 nitrogen and oxygen atoms in total. The highest BCUT2D eigenvalue weighted by atomic mass is 79.9. The molecule has 1 aromatic rings. The van der Waals surface area contributed by atoms with E-state index in [4.69, 9.17) is 0 Å². The number of alkyl halides is 1. The van der Waals surface area contributed by atoms with Crippen molar-refractivity contribution in [2.45, 2.75) is 25.1 Å². The maximum atomic E-state index is 3.64. The van der Waals surface area contributed by atoms with Gasteiger partial charge in [-0.25, -0.2) is 0 Å². The topological polar surface area (TPSA) is 0 Å². The van der Waals surface area contributed by atoms with Gasteiger partial charge in [-0.15, -0.1) is 0 Å². The first-order valence-corrected chi connectivity index (χ1v) is 4.87. The number of benzene rings is 1. The number of hydrogen-bond donors (Lipinski definition) is 0. The number of rotatable bonds is 2. The minimum atomic E-state index is 0.517. The van der Waals surface area contributed by atoms with Crippen LogP contribution in [-0.2, 0) is 0 Å². The third-order valence-corrected chi connectivity index (χ3v) is 3.03. The monoisotopic (exact) mass is 212 g/mol. The lowest BCUT2D eigenvalue weighted by atomic mass is 10.0. The van der Waals surface area contributed by atoms with Crippen LogP contribution >= 0.6 is 15.9 Å². The summed E-state index contributed by atoms with van der Waals surface area (Å²) in [5.41, 5.74) is 2.78. The Labute approximate surface area is 76.8 Å². The first-order chi connectivity index (χ1) is 5.25. The molecule has 0 aliphatic heterocycles. The van der Waals surface area contributed by atoms with Gasteiger partial charge in [0, 0.05) is 4.83 Å². The Morgan fingerprint density at radius 1 is 1.36 bits per heavy atom. The zero-order valence-corrected chi connectivity index (χ0v) is 8.56. The van der Waals surface area contributed by atoms with Crippen molar-refractivity contribution in [1.29, 1.82) is 0 Å². The molecule has 0 aromatic heterocycles. The molecule has 1 aromatic carbocycles. The molecule has 0 heterocycles. The molecular weight excluding hydrogens is 200 g/mol. The molecule has 0 aliphatic carbocycles. The summed E-state index contributed by atoms with van der Waals surface area (Å²) in [5, 5.41) is 0. The van der Waals surface area contributed by atoms with Crippen molar-refractivity contribution in [2.75, 3.05) is 0 Å². The first-order valence-electron chi connectivity index (χ1n) is 3.95. The van der Waals surface area contributed by atoms with E-state index in [2.05, 4.69) is 54.0 Å². The maximum Gasteiger partial charge on any atom is 0.0395 e. The van der Waals surface area contributed by atoms with E-state index in [-0.39, 0.29) is 0 Å². The normalized spacial score (nSPS) is 13.0. The molecule has 0 spiro atoms. The lowest BCUT2D eigenvalue weighted by Crippen LogP contribution is -1.90. The van der Waals surface area contributed by atoms with E-state index in [1.807, 2.05) is 0 Å². The van der Waals surface area contributed by atoms with Crippen molar-refractivity contribution in [3.8, 4) is 0 Å². The summed E-state index contributed by atoms with van der Waals surface area (Å²) in [6.07, 6.45) is 1.14. The number of halogens is 1. The van der Waals surface area contributed by atoms with Gasteiger partial charge in [-0.3, -0.25) is 0 Å². The van der Waals surface area contributed by atoms with Gasteiger partial charge in [0.05, 0.1) is 0 Å². The van der Waals surface area contributed by atoms with Crippen LogP contribution in [0, 0.1) is 6.92 Å². The van der Waals surface area contributed by atoms with Crippen LogP contribution in [0.2, 0.25) is 0 Å². The zero-order valence-electron chi connectivity index (χ0n) is 6.97. The zero-order chi connectivity index (χ0) is 8.27. The van der Waals surface area contributed by atoms with E-state index in [0.29, 0.717) is 4.83 Å². The summed E-state index contributed by atoms with van der Waals surface area (Å²) in [5.74, 6) is 0. The van der Waals surface area contributed by atoms with Crippen molar-refractivity contribution in [3.63, 3.8) is 0 Å². The van der Waals surface area contributed by atoms with Crippen molar-refractivity contribution in [2.24, 2.45) is 0 Å². The Morgan fingerprint density at radius 3 is 2.55 bits per heavy atom. The second-order valence-corrected chi connectivity index (χ2v) is 3.84. The fraction of sp³-hybridized carbons (Fsp3) is 0.400. The third-order valence-electron chi connectivity index (χ3n) is 1.88. The molecule has 60 valence electrons. The van der Waals surface area contributed by atoms with E-state index >= 15 is 0 Å². The number of hydrogen-bond acceptors (Lipinski definition) is 0. The van der Waals surface area contributed by atoms with Crippen LogP contribution in [0.25, 0.3) is 0 Å². The van der Waals surface area contributed by atoms with Crippen LogP contribution in [0.4, 0.5) is 0 Å². The predicted molar refractivity (Wildman–Crippen MR) is 53.1 cm³/mol. The summed E-state index contributed by atoms with van der Waals surface area (Å²) >= 11 is 3.64. The summed E-state index contributed by atoms with van der Waals surface area (Å²) < 4.78 is 0. The van der Waals surface area contributed by atoms with E-state index in [1.165, 1.54) is 11.1 Å². The van der Waals surface area contributed by atoms with Gasteiger partial charge in [0.1, 0.15) is 0 Å². The molecule has 0 bridgehead atoms. The van der Waals surface area contributed by atoms with Crippen LogP contribution in [-0.4, -0.2) is 0 Å². The van der Waals surface area contributed by atoms with Gasteiger partial charge < -0.3 is 0 Å². The molecule has 0 radical (unpaired) electrons. The fourth-order valence-corrected chi connectivity index (χ4v) is 1.67. The minimum Gasteiger partial charge on any atom is -0.0839 e. The largest absolute Gasteiger partial charge is 0.0839 e. The number of aryl methyl sites for hydroxylation is 1. The molecule has 1 rings (SSSR count). The molecule has 0 amide bonds. The smallest absolute Gasteiger partial charge is 0.0395 e. The standard InChI is InChI=1S/C10H13Br/c1-3-10(11)9-7-5-4-6-8(9)2/h4-7,10H,3H2,1-2H3. The second-order valence-electron chi connectivity index (χ2n) is 2.73. The molecule has 1 atom stereocenters. The lowest BCUT2D eigenvalue weighted by molar-refractivity contribution is 0.902. The molecule has 0 fully saturated rings. The summed E-state index contributed by atoms with van der Waals surface area (Å²) in [6.45, 7) is 4.34. The van der Waals surface area contributed by atoms with Crippen LogP contribution < -0.4 is 0 Å². The molecular formula is C10H13Br. The summed E-state index contributed by atoms with van der Waals surface area (Å²) in [6, 6.07) is 8.50. The van der Waals surface area contributed by atoms with Gasteiger partial charge in [-0.1, -0.05) is 47.1 Å². The summed E-state index contributed by atoms with van der Waals surface area (Å²) in [7, 11) is 0. The highest BCUT2D eigenvalue weighted by molar-refractivity contribution is 9.09. The van der Waals surface area contributed by atoms with Gasteiger partial charge in [0.2, 0.25) is 0 Å².